The summed E-state index contributed by atoms with van der Waals surface area (Å²) >= 11 is 0. The predicted octanol–water partition coefficient (Wildman–Crippen LogP) is 1.46. The largest absolute Gasteiger partial charge is 0.369 e. The van der Waals surface area contributed by atoms with Crippen molar-refractivity contribution in [3.05, 3.63) is 18.1 Å². The number of nitrogens with one attached hydrogen (secondary N) is 1. The molecule has 1 aliphatic rings. The standard InChI is InChI=1S/C15H25N5O/c1-4-7-16-14-10-17-13(9-18-14)15(21)20(3)11-12-6-5-8-19(12)2/h9-10,12H,4-8,11H2,1-3H3,(H,16,18). The number of hydrogen-bond acceptors (Lipinski definition) is 5. The molecule has 1 N–H and O–H groups in total. The zero-order valence-corrected chi connectivity index (χ0v) is 13.2. The zero-order chi connectivity index (χ0) is 15.2. The van der Waals surface area contributed by atoms with Crippen molar-refractivity contribution in [1.82, 2.24) is 19.8 Å². The fraction of sp³-hybridized carbons (Fsp3) is 0.667. The molecule has 2 heterocycles. The number of nitrogens with zero attached hydrogens (tertiary/aromatic N) is 4. The number of carbonyl (C=O) groups excluding carboxylic acids is 1. The minimum absolute atomic E-state index is 0.0650. The van der Waals surface area contributed by atoms with Gasteiger partial charge in [0.2, 0.25) is 0 Å². The van der Waals surface area contributed by atoms with Gasteiger partial charge in [0, 0.05) is 26.2 Å². The van der Waals surface area contributed by atoms with Crippen LogP contribution in [0.4, 0.5) is 5.82 Å². The molecule has 1 atom stereocenters. The molecule has 116 valence electrons. The predicted molar refractivity (Wildman–Crippen MR) is 83.4 cm³/mol. The fourth-order valence-electron chi connectivity index (χ4n) is 2.59. The second kappa shape index (κ2) is 7.36. The first-order valence-electron chi connectivity index (χ1n) is 7.63. The molecule has 1 aromatic heterocycles. The Bertz CT molecular complexity index is 462. The molecule has 2 rings (SSSR count). The number of anilines is 1. The van der Waals surface area contributed by atoms with Gasteiger partial charge in [-0.1, -0.05) is 6.92 Å². The molecule has 1 saturated heterocycles. The lowest BCUT2D eigenvalue weighted by Crippen LogP contribution is -2.39. The monoisotopic (exact) mass is 291 g/mol. The van der Waals surface area contributed by atoms with Crippen molar-refractivity contribution in [3.8, 4) is 0 Å². The minimum atomic E-state index is -0.0650. The second-order valence-electron chi connectivity index (χ2n) is 5.68. The molecule has 0 bridgehead atoms. The third-order valence-corrected chi connectivity index (χ3v) is 3.93. The summed E-state index contributed by atoms with van der Waals surface area (Å²) in [5.41, 5.74) is 0.403. The Morgan fingerprint density at radius 2 is 2.29 bits per heavy atom. The van der Waals surface area contributed by atoms with Gasteiger partial charge in [-0.25, -0.2) is 9.97 Å². The number of amides is 1. The van der Waals surface area contributed by atoms with Crippen LogP contribution in [0, 0.1) is 0 Å². The van der Waals surface area contributed by atoms with Gasteiger partial charge in [-0.3, -0.25) is 4.79 Å². The summed E-state index contributed by atoms with van der Waals surface area (Å²) < 4.78 is 0. The van der Waals surface area contributed by atoms with Crippen LogP contribution in [0.2, 0.25) is 0 Å². The van der Waals surface area contributed by atoms with Gasteiger partial charge in [-0.2, -0.15) is 0 Å². The van der Waals surface area contributed by atoms with E-state index in [1.165, 1.54) is 6.42 Å². The van der Waals surface area contributed by atoms with Crippen LogP contribution in [0.3, 0.4) is 0 Å². The highest BCUT2D eigenvalue weighted by molar-refractivity contribution is 5.91. The molecule has 1 amide bonds. The van der Waals surface area contributed by atoms with Gasteiger partial charge in [-0.15, -0.1) is 0 Å². The zero-order valence-electron chi connectivity index (χ0n) is 13.2. The van der Waals surface area contributed by atoms with E-state index in [0.29, 0.717) is 17.6 Å². The first-order chi connectivity index (χ1) is 10.1. The number of hydrogen-bond donors (Lipinski definition) is 1. The Morgan fingerprint density at radius 3 is 2.86 bits per heavy atom. The summed E-state index contributed by atoms with van der Waals surface area (Å²) in [4.78, 5) is 24.9. The maximum absolute atomic E-state index is 12.3. The van der Waals surface area contributed by atoms with E-state index in [4.69, 9.17) is 0 Å². The van der Waals surface area contributed by atoms with Crippen molar-refractivity contribution in [2.24, 2.45) is 0 Å². The van der Waals surface area contributed by atoms with Gasteiger partial charge < -0.3 is 15.1 Å². The highest BCUT2D eigenvalue weighted by atomic mass is 16.2. The Morgan fingerprint density at radius 1 is 1.48 bits per heavy atom. The first kappa shape index (κ1) is 15.7. The average molecular weight is 291 g/mol. The SMILES string of the molecule is CCCNc1cnc(C(=O)N(C)CC2CCCN2C)cn1. The lowest BCUT2D eigenvalue weighted by atomic mass is 10.2. The Balaban J connectivity index is 1.92. The minimum Gasteiger partial charge on any atom is -0.369 e. The Hall–Kier alpha value is -1.69. The van der Waals surface area contributed by atoms with Gasteiger partial charge in [0.05, 0.1) is 12.4 Å². The third-order valence-electron chi connectivity index (χ3n) is 3.93. The third kappa shape index (κ3) is 4.14. The maximum Gasteiger partial charge on any atom is 0.273 e. The van der Waals surface area contributed by atoms with E-state index < -0.39 is 0 Å². The molecular formula is C15H25N5O. The number of aromatic nitrogens is 2. The molecule has 0 aliphatic carbocycles. The van der Waals surface area contributed by atoms with Crippen LogP contribution < -0.4 is 5.32 Å². The van der Waals surface area contributed by atoms with E-state index in [-0.39, 0.29) is 5.91 Å². The van der Waals surface area contributed by atoms with Gasteiger partial charge in [-0.05, 0) is 32.9 Å². The van der Waals surface area contributed by atoms with Gasteiger partial charge >= 0.3 is 0 Å². The number of likely N-dealkylation sites (tertiary alicyclic amines) is 1. The van der Waals surface area contributed by atoms with Crippen LogP contribution in [0.5, 0.6) is 0 Å². The Labute approximate surface area is 126 Å². The van der Waals surface area contributed by atoms with E-state index in [0.717, 1.165) is 32.5 Å². The van der Waals surface area contributed by atoms with E-state index in [2.05, 4.69) is 34.2 Å². The van der Waals surface area contributed by atoms with E-state index in [1.54, 1.807) is 17.3 Å². The molecule has 0 aromatic carbocycles. The van der Waals surface area contributed by atoms with Crippen LogP contribution in [-0.2, 0) is 0 Å². The molecule has 21 heavy (non-hydrogen) atoms. The van der Waals surface area contributed by atoms with Crippen LogP contribution >= 0.6 is 0 Å². The van der Waals surface area contributed by atoms with Crippen molar-refractivity contribution >= 4 is 11.7 Å². The van der Waals surface area contributed by atoms with Crippen LogP contribution in [-0.4, -0.2) is 65.4 Å². The van der Waals surface area contributed by atoms with Crippen molar-refractivity contribution in [2.75, 3.05) is 39.0 Å². The van der Waals surface area contributed by atoms with E-state index in [1.807, 2.05) is 7.05 Å². The lowest BCUT2D eigenvalue weighted by Gasteiger charge is -2.25. The summed E-state index contributed by atoms with van der Waals surface area (Å²) in [6.07, 6.45) is 6.56. The molecule has 6 heteroatoms. The maximum atomic E-state index is 12.3. The lowest BCUT2D eigenvalue weighted by molar-refractivity contribution is 0.0755. The molecule has 1 unspecified atom stereocenters. The highest BCUT2D eigenvalue weighted by Crippen LogP contribution is 2.16. The molecule has 0 radical (unpaired) electrons. The number of carbonyl (C=O) groups is 1. The van der Waals surface area contributed by atoms with E-state index >= 15 is 0 Å². The fourth-order valence-corrected chi connectivity index (χ4v) is 2.59. The average Bonchev–Trinajstić information content (AvgIpc) is 2.90. The summed E-state index contributed by atoms with van der Waals surface area (Å²) in [6, 6.07) is 0.456. The number of likely N-dealkylation sites (N-methyl/N-ethyl adjacent to an activating group) is 2. The molecular weight excluding hydrogens is 266 g/mol. The summed E-state index contributed by atoms with van der Waals surface area (Å²) in [6.45, 7) is 4.81. The highest BCUT2D eigenvalue weighted by Gasteiger charge is 2.24. The topological polar surface area (TPSA) is 61.4 Å². The van der Waals surface area contributed by atoms with Crippen molar-refractivity contribution in [1.29, 1.82) is 0 Å². The molecule has 6 nitrogen and oxygen atoms in total. The van der Waals surface area contributed by atoms with Crippen LogP contribution in [0.1, 0.15) is 36.7 Å². The summed E-state index contributed by atoms with van der Waals surface area (Å²) in [5, 5.41) is 3.15. The van der Waals surface area contributed by atoms with Gasteiger partial charge in [0.15, 0.2) is 0 Å². The quantitative estimate of drug-likeness (QED) is 0.860. The Kier molecular flexibility index (Phi) is 5.50. The van der Waals surface area contributed by atoms with Gasteiger partial charge in [0.25, 0.3) is 5.91 Å². The second-order valence-corrected chi connectivity index (χ2v) is 5.68. The van der Waals surface area contributed by atoms with Crippen LogP contribution in [0.15, 0.2) is 12.4 Å². The summed E-state index contributed by atoms with van der Waals surface area (Å²) in [7, 11) is 3.95. The smallest absolute Gasteiger partial charge is 0.273 e. The molecule has 0 spiro atoms. The normalized spacial score (nSPS) is 18.7. The summed E-state index contributed by atoms with van der Waals surface area (Å²) in [5.74, 6) is 0.649. The van der Waals surface area contributed by atoms with E-state index in [9.17, 15) is 4.79 Å². The van der Waals surface area contributed by atoms with Crippen molar-refractivity contribution < 1.29 is 4.79 Å². The molecule has 1 aliphatic heterocycles. The number of rotatable bonds is 6. The molecule has 0 saturated carbocycles. The van der Waals surface area contributed by atoms with Crippen molar-refractivity contribution in [2.45, 2.75) is 32.2 Å². The molecule has 1 aromatic rings. The van der Waals surface area contributed by atoms with Crippen molar-refractivity contribution in [3.63, 3.8) is 0 Å². The first-order valence-corrected chi connectivity index (χ1v) is 7.63. The van der Waals surface area contributed by atoms with Gasteiger partial charge in [0.1, 0.15) is 11.5 Å². The van der Waals surface area contributed by atoms with Crippen LogP contribution in [0.25, 0.3) is 0 Å². The molecule has 1 fully saturated rings.